The van der Waals surface area contributed by atoms with Crippen molar-refractivity contribution in [3.05, 3.63) is 23.8 Å². The van der Waals surface area contributed by atoms with Crippen LogP contribution in [-0.2, 0) is 6.54 Å². The minimum Gasteiger partial charge on any atom is -0.497 e. The van der Waals surface area contributed by atoms with Gasteiger partial charge in [0.25, 0.3) is 0 Å². The van der Waals surface area contributed by atoms with Crippen molar-refractivity contribution in [2.24, 2.45) is 0 Å². The minimum atomic E-state index is 0.613. The topological polar surface area (TPSA) is 33.7 Å². The van der Waals surface area contributed by atoms with Crippen molar-refractivity contribution in [2.45, 2.75) is 19.0 Å². The summed E-state index contributed by atoms with van der Waals surface area (Å²) in [5.74, 6) is 1.82. The molecule has 4 nitrogen and oxygen atoms in total. The standard InChI is InChI=1S/C14H22N2O2/c1-15-12-6-7-16(10-12)9-11-8-13(17-2)4-5-14(11)18-3/h4-5,8,12,15H,6-7,9-10H2,1-3H3. The summed E-state index contributed by atoms with van der Waals surface area (Å²) in [4.78, 5) is 2.44. The second-order valence-electron chi connectivity index (χ2n) is 4.69. The van der Waals surface area contributed by atoms with E-state index in [1.165, 1.54) is 12.0 Å². The molecule has 1 heterocycles. The number of rotatable bonds is 5. The van der Waals surface area contributed by atoms with E-state index < -0.39 is 0 Å². The van der Waals surface area contributed by atoms with E-state index >= 15 is 0 Å². The summed E-state index contributed by atoms with van der Waals surface area (Å²) in [6.45, 7) is 3.14. The van der Waals surface area contributed by atoms with E-state index in [2.05, 4.69) is 16.3 Å². The number of benzene rings is 1. The lowest BCUT2D eigenvalue weighted by Crippen LogP contribution is -2.29. The van der Waals surface area contributed by atoms with Crippen molar-refractivity contribution in [3.63, 3.8) is 0 Å². The Balaban J connectivity index is 2.07. The van der Waals surface area contributed by atoms with Gasteiger partial charge in [-0.15, -0.1) is 0 Å². The Morgan fingerprint density at radius 1 is 1.33 bits per heavy atom. The molecule has 0 aliphatic carbocycles. The van der Waals surface area contributed by atoms with Gasteiger partial charge in [-0.2, -0.15) is 0 Å². The lowest BCUT2D eigenvalue weighted by Gasteiger charge is -2.18. The van der Waals surface area contributed by atoms with Gasteiger partial charge in [-0.05, 0) is 31.7 Å². The van der Waals surface area contributed by atoms with Crippen molar-refractivity contribution in [2.75, 3.05) is 34.4 Å². The van der Waals surface area contributed by atoms with Crippen LogP contribution in [0.4, 0.5) is 0 Å². The number of nitrogens with zero attached hydrogens (tertiary/aromatic N) is 1. The van der Waals surface area contributed by atoms with Crippen LogP contribution in [0.1, 0.15) is 12.0 Å². The summed E-state index contributed by atoms with van der Waals surface area (Å²) in [6, 6.07) is 6.58. The molecule has 1 atom stereocenters. The van der Waals surface area contributed by atoms with Crippen LogP contribution in [0.15, 0.2) is 18.2 Å². The van der Waals surface area contributed by atoms with Gasteiger partial charge in [-0.1, -0.05) is 0 Å². The van der Waals surface area contributed by atoms with Crippen LogP contribution in [0.25, 0.3) is 0 Å². The average molecular weight is 250 g/mol. The van der Waals surface area contributed by atoms with Crippen molar-refractivity contribution in [3.8, 4) is 11.5 Å². The van der Waals surface area contributed by atoms with Crippen LogP contribution < -0.4 is 14.8 Å². The highest BCUT2D eigenvalue weighted by molar-refractivity contribution is 5.40. The molecule has 1 aromatic carbocycles. The molecule has 4 heteroatoms. The second kappa shape index (κ2) is 6.07. The first-order valence-electron chi connectivity index (χ1n) is 6.37. The maximum Gasteiger partial charge on any atom is 0.123 e. The maximum atomic E-state index is 5.41. The van der Waals surface area contributed by atoms with E-state index in [0.717, 1.165) is 31.1 Å². The molecule has 0 radical (unpaired) electrons. The molecule has 0 spiro atoms. The molecule has 1 saturated heterocycles. The smallest absolute Gasteiger partial charge is 0.123 e. The van der Waals surface area contributed by atoms with Crippen molar-refractivity contribution in [1.29, 1.82) is 0 Å². The van der Waals surface area contributed by atoms with Crippen molar-refractivity contribution >= 4 is 0 Å². The van der Waals surface area contributed by atoms with Crippen LogP contribution in [0.5, 0.6) is 11.5 Å². The van der Waals surface area contributed by atoms with Gasteiger partial charge in [-0.3, -0.25) is 4.90 Å². The molecule has 2 rings (SSSR count). The zero-order valence-corrected chi connectivity index (χ0v) is 11.4. The lowest BCUT2D eigenvalue weighted by atomic mass is 10.1. The molecule has 0 aromatic heterocycles. The van der Waals surface area contributed by atoms with Gasteiger partial charge in [0.2, 0.25) is 0 Å². The van der Waals surface area contributed by atoms with E-state index in [1.54, 1.807) is 14.2 Å². The first-order chi connectivity index (χ1) is 8.76. The zero-order chi connectivity index (χ0) is 13.0. The quantitative estimate of drug-likeness (QED) is 0.858. The fourth-order valence-corrected chi connectivity index (χ4v) is 2.46. The Bertz CT molecular complexity index is 395. The summed E-state index contributed by atoms with van der Waals surface area (Å²) in [6.07, 6.45) is 1.21. The summed E-state index contributed by atoms with van der Waals surface area (Å²) < 4.78 is 10.7. The summed E-state index contributed by atoms with van der Waals surface area (Å²) in [5, 5.41) is 3.33. The van der Waals surface area contributed by atoms with Crippen LogP contribution in [0.2, 0.25) is 0 Å². The van der Waals surface area contributed by atoms with Crippen molar-refractivity contribution in [1.82, 2.24) is 10.2 Å². The van der Waals surface area contributed by atoms with E-state index in [4.69, 9.17) is 9.47 Å². The molecule has 1 fully saturated rings. The van der Waals surface area contributed by atoms with Gasteiger partial charge in [0.1, 0.15) is 11.5 Å². The highest BCUT2D eigenvalue weighted by atomic mass is 16.5. The SMILES string of the molecule is CNC1CCN(Cc2cc(OC)ccc2OC)C1. The molecule has 1 unspecified atom stereocenters. The van der Waals surface area contributed by atoms with Gasteiger partial charge in [-0.25, -0.2) is 0 Å². The molecular weight excluding hydrogens is 228 g/mol. The molecule has 100 valence electrons. The molecular formula is C14H22N2O2. The molecule has 1 aromatic rings. The predicted octanol–water partition coefficient (Wildman–Crippen LogP) is 1.50. The fraction of sp³-hybridized carbons (Fsp3) is 0.571. The number of hydrogen-bond acceptors (Lipinski definition) is 4. The Labute approximate surface area is 109 Å². The normalized spacial score (nSPS) is 20.1. The number of nitrogens with one attached hydrogen (secondary N) is 1. The first-order valence-corrected chi connectivity index (χ1v) is 6.37. The van der Waals surface area contributed by atoms with E-state index in [-0.39, 0.29) is 0 Å². The predicted molar refractivity (Wildman–Crippen MR) is 72.3 cm³/mol. The van der Waals surface area contributed by atoms with Crippen LogP contribution in [0.3, 0.4) is 0 Å². The number of likely N-dealkylation sites (tertiary alicyclic amines) is 1. The number of methoxy groups -OCH3 is 2. The van der Waals surface area contributed by atoms with E-state index in [0.29, 0.717) is 6.04 Å². The molecule has 1 N–H and O–H groups in total. The van der Waals surface area contributed by atoms with Crippen LogP contribution >= 0.6 is 0 Å². The first kappa shape index (κ1) is 13.2. The Morgan fingerprint density at radius 3 is 2.78 bits per heavy atom. The van der Waals surface area contributed by atoms with Gasteiger partial charge < -0.3 is 14.8 Å². The highest BCUT2D eigenvalue weighted by Gasteiger charge is 2.21. The molecule has 0 saturated carbocycles. The Hall–Kier alpha value is -1.26. The van der Waals surface area contributed by atoms with Crippen LogP contribution in [-0.4, -0.2) is 45.3 Å². The average Bonchev–Trinajstić information content (AvgIpc) is 2.86. The largest absolute Gasteiger partial charge is 0.497 e. The third kappa shape index (κ3) is 2.94. The van der Waals surface area contributed by atoms with Gasteiger partial charge in [0.05, 0.1) is 14.2 Å². The number of ether oxygens (including phenoxy) is 2. The van der Waals surface area contributed by atoms with Crippen LogP contribution in [0, 0.1) is 0 Å². The Morgan fingerprint density at radius 2 is 2.17 bits per heavy atom. The molecule has 0 bridgehead atoms. The number of hydrogen-bond donors (Lipinski definition) is 1. The zero-order valence-electron chi connectivity index (χ0n) is 11.4. The highest BCUT2D eigenvalue weighted by Crippen LogP contribution is 2.26. The molecule has 0 amide bonds. The maximum absolute atomic E-state index is 5.41. The third-order valence-electron chi connectivity index (χ3n) is 3.56. The van der Waals surface area contributed by atoms with E-state index in [9.17, 15) is 0 Å². The summed E-state index contributed by atoms with van der Waals surface area (Å²) in [7, 11) is 5.43. The Kier molecular flexibility index (Phi) is 4.44. The summed E-state index contributed by atoms with van der Waals surface area (Å²) in [5.41, 5.74) is 1.19. The van der Waals surface area contributed by atoms with Gasteiger partial charge in [0, 0.05) is 31.2 Å². The number of likely N-dealkylation sites (N-methyl/N-ethyl adjacent to an activating group) is 1. The van der Waals surface area contributed by atoms with Gasteiger partial charge in [0.15, 0.2) is 0 Å². The minimum absolute atomic E-state index is 0.613. The fourth-order valence-electron chi connectivity index (χ4n) is 2.46. The van der Waals surface area contributed by atoms with Crippen molar-refractivity contribution < 1.29 is 9.47 Å². The molecule has 1 aliphatic rings. The van der Waals surface area contributed by atoms with Gasteiger partial charge >= 0.3 is 0 Å². The monoisotopic (exact) mass is 250 g/mol. The molecule has 1 aliphatic heterocycles. The lowest BCUT2D eigenvalue weighted by molar-refractivity contribution is 0.312. The second-order valence-corrected chi connectivity index (χ2v) is 4.69. The summed E-state index contributed by atoms with van der Waals surface area (Å²) >= 11 is 0. The molecule has 18 heavy (non-hydrogen) atoms. The third-order valence-corrected chi connectivity index (χ3v) is 3.56. The van der Waals surface area contributed by atoms with E-state index in [1.807, 2.05) is 19.2 Å².